The zero-order chi connectivity index (χ0) is 30.7. The van der Waals surface area contributed by atoms with E-state index in [2.05, 4.69) is 24.3 Å². The van der Waals surface area contributed by atoms with E-state index in [0.717, 1.165) is 55.4 Å². The van der Waals surface area contributed by atoms with Crippen LogP contribution >= 0.6 is 0 Å². The Morgan fingerprint density at radius 3 is 1.95 bits per heavy atom. The maximum Gasteiger partial charge on any atom is 0.310 e. The second-order valence-electron chi connectivity index (χ2n) is 11.5. The number of hydrogen-bond acceptors (Lipinski definition) is 5. The molecule has 0 aliphatic carbocycles. The third kappa shape index (κ3) is 12.9. The first kappa shape index (κ1) is 33.6. The number of allylic oxidation sites excluding steroid dienone is 1. The van der Waals surface area contributed by atoms with Gasteiger partial charge in [0.05, 0.1) is 25.6 Å². The highest BCUT2D eigenvalue weighted by atomic mass is 16.5. The molecule has 0 spiro atoms. The Kier molecular flexibility index (Phi) is 15.1. The third-order valence-corrected chi connectivity index (χ3v) is 7.51. The molecule has 0 unspecified atom stereocenters. The lowest BCUT2D eigenvalue weighted by molar-refractivity contribution is -0.162. The summed E-state index contributed by atoms with van der Waals surface area (Å²) >= 11 is 0. The lowest BCUT2D eigenvalue weighted by Gasteiger charge is -2.24. The van der Waals surface area contributed by atoms with Crippen molar-refractivity contribution in [3.63, 3.8) is 0 Å². The lowest BCUT2D eigenvalue weighted by Crippen LogP contribution is -2.33. The minimum Gasteiger partial charge on any atom is -0.497 e. The van der Waals surface area contributed by atoms with Gasteiger partial charge in [0, 0.05) is 0 Å². The average Bonchev–Trinajstić information content (AvgIpc) is 3.04. The van der Waals surface area contributed by atoms with E-state index in [9.17, 15) is 9.59 Å². The Labute approximate surface area is 258 Å². The molecule has 43 heavy (non-hydrogen) atoms. The van der Waals surface area contributed by atoms with Crippen molar-refractivity contribution in [1.82, 2.24) is 0 Å². The van der Waals surface area contributed by atoms with Crippen LogP contribution in [0, 0.1) is 17.8 Å². The molecule has 0 aromatic heterocycles. The summed E-state index contributed by atoms with van der Waals surface area (Å²) in [6.45, 7) is 4.53. The van der Waals surface area contributed by atoms with Crippen LogP contribution in [0.5, 0.6) is 5.75 Å². The van der Waals surface area contributed by atoms with Crippen molar-refractivity contribution in [2.24, 2.45) is 17.8 Å². The molecule has 0 aliphatic heterocycles. The molecule has 0 saturated heterocycles. The first-order valence-electron chi connectivity index (χ1n) is 15.7. The smallest absolute Gasteiger partial charge is 0.310 e. The fraction of sp³-hybridized carbons (Fsp3) is 0.421. The highest BCUT2D eigenvalue weighted by Gasteiger charge is 2.35. The van der Waals surface area contributed by atoms with Crippen molar-refractivity contribution in [2.45, 2.75) is 71.8 Å². The molecule has 0 heterocycles. The first-order valence-corrected chi connectivity index (χ1v) is 15.7. The van der Waals surface area contributed by atoms with Crippen molar-refractivity contribution in [1.29, 1.82) is 0 Å². The first-order chi connectivity index (χ1) is 21.0. The fourth-order valence-electron chi connectivity index (χ4n) is 5.03. The van der Waals surface area contributed by atoms with Gasteiger partial charge in [-0.2, -0.15) is 0 Å². The Morgan fingerprint density at radius 2 is 1.30 bits per heavy atom. The van der Waals surface area contributed by atoms with Gasteiger partial charge >= 0.3 is 11.9 Å². The van der Waals surface area contributed by atoms with Crippen LogP contribution in [-0.2, 0) is 32.1 Å². The summed E-state index contributed by atoms with van der Waals surface area (Å²) < 4.78 is 16.7. The molecule has 0 amide bonds. The van der Waals surface area contributed by atoms with Gasteiger partial charge in [-0.05, 0) is 60.4 Å². The van der Waals surface area contributed by atoms with Gasteiger partial charge in [0.15, 0.2) is 0 Å². The van der Waals surface area contributed by atoms with Crippen molar-refractivity contribution in [3.8, 4) is 5.75 Å². The summed E-state index contributed by atoms with van der Waals surface area (Å²) in [5.74, 6) is -0.870. The molecular formula is C38H48O5. The molecule has 0 radical (unpaired) electrons. The van der Waals surface area contributed by atoms with Gasteiger partial charge in [0.1, 0.15) is 12.4 Å². The predicted octanol–water partition coefficient (Wildman–Crippen LogP) is 8.86. The van der Waals surface area contributed by atoms with Crippen LogP contribution in [0.1, 0.15) is 75.5 Å². The number of aryl methyl sites for hydroxylation is 1. The number of benzene rings is 3. The van der Waals surface area contributed by atoms with E-state index in [1.54, 1.807) is 7.11 Å². The van der Waals surface area contributed by atoms with E-state index < -0.39 is 11.8 Å². The Balaban J connectivity index is 1.66. The van der Waals surface area contributed by atoms with Crippen molar-refractivity contribution in [3.05, 3.63) is 108 Å². The normalized spacial score (nSPS) is 12.7. The second kappa shape index (κ2) is 19.4. The zero-order valence-corrected chi connectivity index (χ0v) is 26.1. The van der Waals surface area contributed by atoms with Crippen LogP contribution in [0.3, 0.4) is 0 Å². The lowest BCUT2D eigenvalue weighted by atomic mass is 9.84. The Bertz CT molecular complexity index is 1220. The third-order valence-electron chi connectivity index (χ3n) is 7.51. The Hall–Kier alpha value is -3.86. The van der Waals surface area contributed by atoms with Gasteiger partial charge in [-0.25, -0.2) is 0 Å². The van der Waals surface area contributed by atoms with Crippen molar-refractivity contribution >= 4 is 18.0 Å². The van der Waals surface area contributed by atoms with Crippen molar-refractivity contribution in [2.75, 3.05) is 13.7 Å². The quantitative estimate of drug-likeness (QED) is 0.104. The van der Waals surface area contributed by atoms with E-state index in [4.69, 9.17) is 14.2 Å². The number of carbonyl (C=O) groups is 2. The van der Waals surface area contributed by atoms with Crippen LogP contribution < -0.4 is 4.74 Å². The Morgan fingerprint density at radius 1 is 0.698 bits per heavy atom. The molecule has 230 valence electrons. The molecule has 0 N–H and O–H groups in total. The highest BCUT2D eigenvalue weighted by molar-refractivity contribution is 5.82. The van der Waals surface area contributed by atoms with Crippen LogP contribution in [-0.4, -0.2) is 25.7 Å². The summed E-state index contributed by atoms with van der Waals surface area (Å²) in [5.41, 5.74) is 3.29. The van der Waals surface area contributed by atoms with Crippen LogP contribution in [0.25, 0.3) is 6.08 Å². The molecule has 0 fully saturated rings. The number of rotatable bonds is 19. The largest absolute Gasteiger partial charge is 0.497 e. The summed E-state index contributed by atoms with van der Waals surface area (Å²) in [4.78, 5) is 27.0. The zero-order valence-electron chi connectivity index (χ0n) is 26.1. The average molecular weight is 585 g/mol. The van der Waals surface area contributed by atoms with E-state index in [-0.39, 0.29) is 24.5 Å². The molecule has 2 atom stereocenters. The molecular weight excluding hydrogens is 536 g/mol. The molecule has 5 heteroatoms. The maximum atomic E-state index is 13.6. The number of methoxy groups -OCH3 is 1. The van der Waals surface area contributed by atoms with E-state index in [1.165, 1.54) is 5.56 Å². The number of ether oxygens (including phenoxy) is 3. The molecule has 5 nitrogen and oxygen atoms in total. The van der Waals surface area contributed by atoms with Gasteiger partial charge in [-0.1, -0.05) is 124 Å². The molecule has 0 saturated carbocycles. The number of carbonyl (C=O) groups excluding carboxylic acids is 2. The SMILES string of the molecule is COc1ccc(/C=C/C[C@@H](C(=O)OCC(C)C)[C@H](CCCCCCCc2ccccc2)C(=O)OCc2ccccc2)cc1. The maximum absolute atomic E-state index is 13.6. The van der Waals surface area contributed by atoms with E-state index >= 15 is 0 Å². The van der Waals surface area contributed by atoms with Gasteiger partial charge < -0.3 is 14.2 Å². The van der Waals surface area contributed by atoms with Crippen LogP contribution in [0.15, 0.2) is 91.0 Å². The minimum absolute atomic E-state index is 0.186. The monoisotopic (exact) mass is 584 g/mol. The van der Waals surface area contributed by atoms with Gasteiger partial charge in [0.2, 0.25) is 0 Å². The number of esters is 2. The van der Waals surface area contributed by atoms with Crippen LogP contribution in [0.2, 0.25) is 0 Å². The summed E-state index contributed by atoms with van der Waals surface area (Å²) in [7, 11) is 1.64. The number of hydrogen-bond donors (Lipinski definition) is 0. The molecule has 3 aromatic carbocycles. The molecule has 0 aliphatic rings. The standard InChI is InChI=1S/C38H48O5/c1-30(2)28-42-37(39)36(23-15-21-32-24-26-34(41-3)27-25-32)35(38(40)43-29-33-19-12-8-13-20-33)22-14-6-4-5-9-16-31-17-10-7-11-18-31/h7-8,10-13,15,17-21,24-27,30,35-36H,4-6,9,14,16,22-23,28-29H2,1-3H3/b21-15+/t35-,36+/m0/s1. The van der Waals surface area contributed by atoms with Crippen LogP contribution in [0.4, 0.5) is 0 Å². The minimum atomic E-state index is -0.616. The highest BCUT2D eigenvalue weighted by Crippen LogP contribution is 2.28. The van der Waals surface area contributed by atoms with Gasteiger partial charge in [-0.15, -0.1) is 0 Å². The molecule has 3 aromatic rings. The second-order valence-corrected chi connectivity index (χ2v) is 11.5. The summed E-state index contributed by atoms with van der Waals surface area (Å²) in [6.07, 6.45) is 11.2. The molecule has 3 rings (SSSR count). The summed E-state index contributed by atoms with van der Waals surface area (Å²) in [5, 5.41) is 0. The summed E-state index contributed by atoms with van der Waals surface area (Å²) in [6, 6.07) is 27.9. The predicted molar refractivity (Wildman–Crippen MR) is 174 cm³/mol. The van der Waals surface area contributed by atoms with Gasteiger partial charge in [-0.3, -0.25) is 9.59 Å². The van der Waals surface area contributed by atoms with E-state index in [1.807, 2.05) is 86.7 Å². The molecule has 0 bridgehead atoms. The fourth-order valence-corrected chi connectivity index (χ4v) is 5.03. The van der Waals surface area contributed by atoms with Gasteiger partial charge in [0.25, 0.3) is 0 Å². The topological polar surface area (TPSA) is 61.8 Å². The van der Waals surface area contributed by atoms with E-state index in [0.29, 0.717) is 19.4 Å². The number of unbranched alkanes of at least 4 members (excludes halogenated alkanes) is 4. The van der Waals surface area contributed by atoms with Crippen molar-refractivity contribution < 1.29 is 23.8 Å².